The van der Waals surface area contributed by atoms with Gasteiger partial charge in [-0.15, -0.1) is 0 Å². The van der Waals surface area contributed by atoms with E-state index in [0.717, 1.165) is 41.1 Å². The van der Waals surface area contributed by atoms with E-state index in [2.05, 4.69) is 15.3 Å². The summed E-state index contributed by atoms with van der Waals surface area (Å²) in [5, 5.41) is 5.06. The molecule has 0 saturated heterocycles. The zero-order valence-electron chi connectivity index (χ0n) is 14.8. The number of halogens is 1. The highest BCUT2D eigenvalue weighted by Crippen LogP contribution is 2.23. The van der Waals surface area contributed by atoms with Crippen molar-refractivity contribution in [1.82, 2.24) is 10.3 Å². The van der Waals surface area contributed by atoms with Crippen LogP contribution in [0.2, 0.25) is 5.02 Å². The zero-order valence-corrected chi connectivity index (χ0v) is 15.5. The fourth-order valence-corrected chi connectivity index (χ4v) is 2.96. The van der Waals surface area contributed by atoms with E-state index in [9.17, 15) is 0 Å². The number of benzene rings is 2. The predicted molar refractivity (Wildman–Crippen MR) is 108 cm³/mol. The largest absolute Gasteiger partial charge is 0.497 e. The number of hydrogen-bond acceptors (Lipinski definition) is 2. The number of nitrogens with two attached hydrogens (primary N) is 1. The van der Waals surface area contributed by atoms with Gasteiger partial charge in [-0.25, -0.2) is 0 Å². The molecule has 26 heavy (non-hydrogen) atoms. The number of guanidine groups is 1. The third kappa shape index (κ3) is 4.70. The lowest BCUT2D eigenvalue weighted by Crippen LogP contribution is -2.33. The van der Waals surface area contributed by atoms with Crippen molar-refractivity contribution in [3.05, 3.63) is 64.8 Å². The van der Waals surface area contributed by atoms with Crippen molar-refractivity contribution in [2.24, 2.45) is 10.7 Å². The van der Waals surface area contributed by atoms with Crippen LogP contribution in [0.25, 0.3) is 10.9 Å². The van der Waals surface area contributed by atoms with Crippen LogP contribution in [-0.2, 0) is 12.8 Å². The SMILES string of the molecule is COc1ccc2[nH]cc(CCN=C(N)NCCc3ccc(Cl)cc3)c2c1. The summed E-state index contributed by atoms with van der Waals surface area (Å²) in [5.74, 6) is 1.32. The van der Waals surface area contributed by atoms with Gasteiger partial charge in [0.05, 0.1) is 7.11 Å². The van der Waals surface area contributed by atoms with E-state index in [0.29, 0.717) is 12.5 Å². The lowest BCUT2D eigenvalue weighted by molar-refractivity contribution is 0.415. The summed E-state index contributed by atoms with van der Waals surface area (Å²) in [7, 11) is 1.67. The van der Waals surface area contributed by atoms with Crippen molar-refractivity contribution < 1.29 is 4.74 Å². The van der Waals surface area contributed by atoms with Crippen molar-refractivity contribution in [3.63, 3.8) is 0 Å². The highest BCUT2D eigenvalue weighted by molar-refractivity contribution is 6.30. The highest BCUT2D eigenvalue weighted by Gasteiger charge is 2.05. The second-order valence-electron chi connectivity index (χ2n) is 6.05. The van der Waals surface area contributed by atoms with Crippen LogP contribution >= 0.6 is 11.6 Å². The van der Waals surface area contributed by atoms with E-state index in [1.165, 1.54) is 11.1 Å². The van der Waals surface area contributed by atoms with Crippen LogP contribution in [0.1, 0.15) is 11.1 Å². The van der Waals surface area contributed by atoms with Gasteiger partial charge in [0, 0.05) is 35.2 Å². The lowest BCUT2D eigenvalue weighted by atomic mass is 10.1. The first kappa shape index (κ1) is 18.1. The van der Waals surface area contributed by atoms with Crippen LogP contribution in [0.4, 0.5) is 0 Å². The molecular weight excluding hydrogens is 348 g/mol. The summed E-state index contributed by atoms with van der Waals surface area (Å²) in [6, 6.07) is 13.8. The smallest absolute Gasteiger partial charge is 0.188 e. The molecule has 0 aliphatic heterocycles. The van der Waals surface area contributed by atoms with Gasteiger partial charge in [0.15, 0.2) is 5.96 Å². The monoisotopic (exact) mass is 370 g/mol. The molecule has 6 heteroatoms. The van der Waals surface area contributed by atoms with Crippen molar-refractivity contribution in [3.8, 4) is 5.75 Å². The van der Waals surface area contributed by atoms with Crippen molar-refractivity contribution in [1.29, 1.82) is 0 Å². The minimum absolute atomic E-state index is 0.469. The molecule has 0 aliphatic carbocycles. The molecule has 1 heterocycles. The third-order valence-electron chi connectivity index (χ3n) is 4.27. The molecule has 5 nitrogen and oxygen atoms in total. The molecule has 0 bridgehead atoms. The van der Waals surface area contributed by atoms with E-state index in [1.54, 1.807) is 7.11 Å². The molecule has 0 aliphatic rings. The quantitative estimate of drug-likeness (QED) is 0.440. The van der Waals surface area contributed by atoms with Crippen molar-refractivity contribution in [2.45, 2.75) is 12.8 Å². The van der Waals surface area contributed by atoms with Crippen LogP contribution in [0.5, 0.6) is 5.75 Å². The van der Waals surface area contributed by atoms with Crippen molar-refractivity contribution >= 4 is 28.5 Å². The first-order chi connectivity index (χ1) is 12.7. The number of methoxy groups -OCH3 is 1. The van der Waals surface area contributed by atoms with E-state index in [4.69, 9.17) is 22.1 Å². The van der Waals surface area contributed by atoms with Gasteiger partial charge in [-0.05, 0) is 54.3 Å². The summed E-state index contributed by atoms with van der Waals surface area (Å²) in [6.07, 6.45) is 3.70. The molecule has 3 rings (SSSR count). The van der Waals surface area contributed by atoms with E-state index < -0.39 is 0 Å². The number of nitrogens with one attached hydrogen (secondary N) is 2. The molecule has 0 amide bonds. The minimum Gasteiger partial charge on any atom is -0.497 e. The summed E-state index contributed by atoms with van der Waals surface area (Å²) < 4.78 is 5.30. The first-order valence-corrected chi connectivity index (χ1v) is 8.96. The van der Waals surface area contributed by atoms with E-state index in [1.807, 2.05) is 48.7 Å². The number of nitrogens with zero attached hydrogens (tertiary/aromatic N) is 1. The van der Waals surface area contributed by atoms with Crippen LogP contribution in [-0.4, -0.2) is 31.1 Å². The Balaban J connectivity index is 1.49. The van der Waals surface area contributed by atoms with Gasteiger partial charge in [-0.2, -0.15) is 0 Å². The molecule has 3 aromatic rings. The van der Waals surface area contributed by atoms with Crippen molar-refractivity contribution in [2.75, 3.05) is 20.2 Å². The second kappa shape index (κ2) is 8.63. The molecule has 4 N–H and O–H groups in total. The molecule has 0 unspecified atom stereocenters. The standard InChI is InChI=1S/C20H23ClN4O/c1-26-17-6-7-19-18(12-17)15(13-25-19)9-11-24-20(22)23-10-8-14-2-4-16(21)5-3-14/h2-7,12-13,25H,8-11H2,1H3,(H3,22,23,24). The summed E-state index contributed by atoms with van der Waals surface area (Å²) in [6.45, 7) is 1.37. The minimum atomic E-state index is 0.469. The average molecular weight is 371 g/mol. The molecule has 0 atom stereocenters. The van der Waals surface area contributed by atoms with E-state index in [-0.39, 0.29) is 0 Å². The van der Waals surface area contributed by atoms with Gasteiger partial charge in [-0.1, -0.05) is 23.7 Å². The zero-order chi connectivity index (χ0) is 18.4. The fraction of sp³-hybridized carbons (Fsp3) is 0.250. The second-order valence-corrected chi connectivity index (χ2v) is 6.48. The Hall–Kier alpha value is -2.66. The number of aromatic amines is 1. The Bertz CT molecular complexity index is 886. The number of aliphatic imine (C=N–C) groups is 1. The Labute approximate surface area is 158 Å². The topological polar surface area (TPSA) is 75.4 Å². The lowest BCUT2D eigenvalue weighted by Gasteiger charge is -2.06. The number of H-pyrrole nitrogens is 1. The van der Waals surface area contributed by atoms with Gasteiger partial charge in [0.25, 0.3) is 0 Å². The normalized spacial score (nSPS) is 11.7. The molecule has 2 aromatic carbocycles. The molecule has 0 spiro atoms. The molecule has 1 aromatic heterocycles. The predicted octanol–water partition coefficient (Wildman–Crippen LogP) is 3.52. The van der Waals surface area contributed by atoms with Crippen LogP contribution in [0.3, 0.4) is 0 Å². The molecule has 0 fully saturated rings. The van der Waals surface area contributed by atoms with Gasteiger partial charge in [0.1, 0.15) is 5.75 Å². The number of fused-ring (bicyclic) bond motifs is 1. The number of hydrogen-bond donors (Lipinski definition) is 3. The number of ether oxygens (including phenoxy) is 1. The highest BCUT2D eigenvalue weighted by atomic mass is 35.5. The molecule has 0 radical (unpaired) electrons. The molecule has 0 saturated carbocycles. The average Bonchev–Trinajstić information content (AvgIpc) is 3.05. The Morgan fingerprint density at radius 2 is 2.00 bits per heavy atom. The molecule has 136 valence electrons. The molecular formula is C20H23ClN4O. The van der Waals surface area contributed by atoms with Gasteiger partial charge < -0.3 is 20.8 Å². The summed E-state index contributed by atoms with van der Waals surface area (Å²) in [4.78, 5) is 7.68. The maximum atomic E-state index is 5.95. The summed E-state index contributed by atoms with van der Waals surface area (Å²) >= 11 is 5.88. The maximum Gasteiger partial charge on any atom is 0.188 e. The van der Waals surface area contributed by atoms with Gasteiger partial charge in [-0.3, -0.25) is 4.99 Å². The number of rotatable bonds is 7. The Morgan fingerprint density at radius 3 is 2.77 bits per heavy atom. The van der Waals surface area contributed by atoms with Gasteiger partial charge in [0.2, 0.25) is 0 Å². The van der Waals surface area contributed by atoms with Crippen LogP contribution in [0.15, 0.2) is 53.7 Å². The Morgan fingerprint density at radius 1 is 1.19 bits per heavy atom. The van der Waals surface area contributed by atoms with Gasteiger partial charge >= 0.3 is 0 Å². The van der Waals surface area contributed by atoms with Crippen LogP contribution < -0.4 is 15.8 Å². The number of aromatic nitrogens is 1. The third-order valence-corrected chi connectivity index (χ3v) is 4.52. The fourth-order valence-electron chi connectivity index (χ4n) is 2.83. The van der Waals surface area contributed by atoms with Crippen LogP contribution in [0, 0.1) is 0 Å². The van der Waals surface area contributed by atoms with E-state index >= 15 is 0 Å². The Kier molecular flexibility index (Phi) is 6.02. The summed E-state index contributed by atoms with van der Waals surface area (Å²) in [5.41, 5.74) is 9.46. The first-order valence-electron chi connectivity index (χ1n) is 8.58. The maximum absolute atomic E-state index is 5.95.